The molecule has 0 amide bonds. The Labute approximate surface area is 99.8 Å². The van der Waals surface area contributed by atoms with E-state index < -0.39 is 11.3 Å². The van der Waals surface area contributed by atoms with Gasteiger partial charge < -0.3 is 5.11 Å². The molecule has 1 aliphatic carbocycles. The van der Waals surface area contributed by atoms with Gasteiger partial charge in [0.25, 0.3) is 0 Å². The van der Waals surface area contributed by atoms with Gasteiger partial charge in [0, 0.05) is 12.1 Å². The second-order valence-electron chi connectivity index (χ2n) is 3.46. The van der Waals surface area contributed by atoms with E-state index in [2.05, 4.69) is 17.8 Å². The van der Waals surface area contributed by atoms with Crippen molar-refractivity contribution in [1.29, 1.82) is 0 Å². The summed E-state index contributed by atoms with van der Waals surface area (Å²) in [5, 5.41) is 8.30. The second-order valence-corrected chi connectivity index (χ2v) is 3.93. The number of carboxylic acids is 1. The third kappa shape index (κ3) is 3.69. The fraction of sp³-hybridized carbons (Fsp3) is 0.417. The molecule has 0 aromatic rings. The van der Waals surface area contributed by atoms with Gasteiger partial charge >= 0.3 is 5.97 Å². The van der Waals surface area contributed by atoms with E-state index in [1.165, 1.54) is 12.2 Å². The molecule has 0 radical (unpaired) electrons. The van der Waals surface area contributed by atoms with Crippen molar-refractivity contribution in [3.63, 3.8) is 0 Å². The number of rotatable bonds is 4. The summed E-state index contributed by atoms with van der Waals surface area (Å²) in [5.74, 6) is 1.88. The van der Waals surface area contributed by atoms with Crippen LogP contribution < -0.4 is 0 Å². The molecule has 0 fully saturated rings. The fourth-order valence-corrected chi connectivity index (χ4v) is 1.46. The summed E-state index contributed by atoms with van der Waals surface area (Å²) >= 11 is 5.98. The number of nitrogens with zero attached hydrogens (tertiary/aromatic N) is 1. The molecule has 86 valence electrons. The van der Waals surface area contributed by atoms with Crippen LogP contribution in [0.4, 0.5) is 0 Å². The molecule has 1 rings (SSSR count). The van der Waals surface area contributed by atoms with E-state index in [0.29, 0.717) is 5.57 Å². The second kappa shape index (κ2) is 6.31. The van der Waals surface area contributed by atoms with Crippen LogP contribution in [0, 0.1) is 0 Å². The molecule has 0 saturated carbocycles. The number of hydrogen-bond acceptors (Lipinski definition) is 2. The van der Waals surface area contributed by atoms with Gasteiger partial charge in [-0.25, -0.2) is 9.79 Å². The van der Waals surface area contributed by atoms with E-state index in [4.69, 9.17) is 16.7 Å². The highest BCUT2D eigenvalue weighted by Gasteiger charge is 2.15. The maximum Gasteiger partial charge on any atom is 0.335 e. The van der Waals surface area contributed by atoms with Crippen molar-refractivity contribution in [2.24, 2.45) is 4.99 Å². The van der Waals surface area contributed by atoms with E-state index in [-0.39, 0.29) is 5.57 Å². The van der Waals surface area contributed by atoms with Crippen molar-refractivity contribution >= 4 is 23.4 Å². The quantitative estimate of drug-likeness (QED) is 0.466. The van der Waals surface area contributed by atoms with E-state index in [1.54, 1.807) is 6.08 Å². The lowest BCUT2D eigenvalue weighted by Crippen LogP contribution is -2.09. The Balaban J connectivity index is 2.72. The number of carbonyl (C=O) groups is 1. The molecule has 3 nitrogen and oxygen atoms in total. The van der Waals surface area contributed by atoms with Crippen LogP contribution in [-0.4, -0.2) is 28.9 Å². The van der Waals surface area contributed by atoms with Crippen LogP contribution in [0.25, 0.3) is 0 Å². The topological polar surface area (TPSA) is 49.7 Å². The Bertz CT molecular complexity index is 390. The molecule has 1 aliphatic rings. The molecule has 16 heavy (non-hydrogen) atoms. The first kappa shape index (κ1) is 12.8. The van der Waals surface area contributed by atoms with Crippen LogP contribution in [0.2, 0.25) is 0 Å². The van der Waals surface area contributed by atoms with Crippen LogP contribution >= 0.6 is 11.6 Å². The summed E-state index contributed by atoms with van der Waals surface area (Å²) in [6.45, 7) is 2.82. The highest BCUT2D eigenvalue weighted by atomic mass is 35.5. The molecule has 4 heteroatoms. The van der Waals surface area contributed by atoms with E-state index >= 15 is 0 Å². The zero-order valence-electron chi connectivity index (χ0n) is 9.11. The van der Waals surface area contributed by atoms with Crippen LogP contribution in [0.1, 0.15) is 19.8 Å². The number of unbranched alkanes of at least 4 members (excludes halogenated alkanes) is 1. The number of carboxylic acid groups (broad SMARTS) is 1. The van der Waals surface area contributed by atoms with Gasteiger partial charge in [0.1, 0.15) is 0 Å². The lowest BCUT2D eigenvalue weighted by atomic mass is 10.0. The number of aliphatic imine (C=N–C) groups is 1. The smallest absolute Gasteiger partial charge is 0.335 e. The third-order valence-corrected chi connectivity index (χ3v) is 2.51. The summed E-state index contributed by atoms with van der Waals surface area (Å²) in [4.78, 5) is 14.8. The maximum atomic E-state index is 10.7. The van der Waals surface area contributed by atoms with Gasteiger partial charge in [-0.3, -0.25) is 0 Å². The zero-order valence-corrected chi connectivity index (χ0v) is 9.87. The molecule has 0 bridgehead atoms. The molecule has 1 N–H and O–H groups in total. The first-order chi connectivity index (χ1) is 7.65. The molecule has 1 atom stereocenters. The van der Waals surface area contributed by atoms with Crippen LogP contribution in [-0.2, 0) is 4.79 Å². The van der Waals surface area contributed by atoms with E-state index in [9.17, 15) is 4.79 Å². The molecule has 1 unspecified atom stereocenters. The highest BCUT2D eigenvalue weighted by molar-refractivity contribution is 6.25. The van der Waals surface area contributed by atoms with Crippen LogP contribution in [0.15, 0.2) is 34.4 Å². The van der Waals surface area contributed by atoms with Crippen molar-refractivity contribution in [1.82, 2.24) is 0 Å². The minimum Gasteiger partial charge on any atom is -0.478 e. The third-order valence-electron chi connectivity index (χ3n) is 2.14. The van der Waals surface area contributed by atoms with Crippen molar-refractivity contribution in [2.75, 3.05) is 6.54 Å². The standard InChI is InChI=1S/C12H14ClNO2/c1-2-3-6-14-8-10-5-4-9(12(15)16)7-11(10)13/h4-5,7,11H,2-3,6H2,1H3,(H,15,16). The minimum atomic E-state index is -0.969. The average molecular weight is 240 g/mol. The first-order valence-electron chi connectivity index (χ1n) is 5.21. The van der Waals surface area contributed by atoms with Gasteiger partial charge in [0.15, 0.2) is 0 Å². The van der Waals surface area contributed by atoms with Crippen molar-refractivity contribution in [3.8, 4) is 0 Å². The lowest BCUT2D eigenvalue weighted by molar-refractivity contribution is -0.132. The number of alkyl halides is 1. The number of allylic oxidation sites excluding steroid dienone is 3. The van der Waals surface area contributed by atoms with E-state index in [1.807, 2.05) is 0 Å². The van der Waals surface area contributed by atoms with E-state index in [0.717, 1.165) is 19.4 Å². The first-order valence-corrected chi connectivity index (χ1v) is 5.65. The van der Waals surface area contributed by atoms with Gasteiger partial charge in [-0.05, 0) is 30.5 Å². The molecule has 0 aromatic carbocycles. The number of hydrogen-bond donors (Lipinski definition) is 1. The predicted molar refractivity (Wildman–Crippen MR) is 65.2 cm³/mol. The summed E-state index contributed by atoms with van der Waals surface area (Å²) in [5.41, 5.74) is 0.918. The van der Waals surface area contributed by atoms with Gasteiger partial charge in [0.05, 0.1) is 11.0 Å². The maximum absolute atomic E-state index is 10.7. The average Bonchev–Trinajstić information content (AvgIpc) is 2.26. The van der Waals surface area contributed by atoms with Gasteiger partial charge in [-0.1, -0.05) is 13.3 Å². The van der Waals surface area contributed by atoms with Gasteiger partial charge in [-0.2, -0.15) is 0 Å². The normalized spacial score (nSPS) is 19.0. The summed E-state index contributed by atoms with van der Waals surface area (Å²) in [6, 6.07) is 0. The predicted octanol–water partition coefficient (Wildman–Crippen LogP) is 2.57. The van der Waals surface area contributed by atoms with Gasteiger partial charge in [-0.15, -0.1) is 11.6 Å². The molecule has 0 aromatic heterocycles. The highest BCUT2D eigenvalue weighted by Crippen LogP contribution is 2.19. The fourth-order valence-electron chi connectivity index (χ4n) is 1.20. The van der Waals surface area contributed by atoms with Gasteiger partial charge in [0.2, 0.25) is 0 Å². The molecule has 0 saturated heterocycles. The Morgan fingerprint density at radius 3 is 2.94 bits per heavy atom. The SMILES string of the molecule is CCCCN=C=C1C=CC(C(=O)O)=CC1Cl. The Hall–Kier alpha value is -1.31. The monoisotopic (exact) mass is 239 g/mol. The zero-order chi connectivity index (χ0) is 12.0. The molecular weight excluding hydrogens is 226 g/mol. The summed E-state index contributed by atoms with van der Waals surface area (Å²) in [7, 11) is 0. The van der Waals surface area contributed by atoms with Crippen molar-refractivity contribution in [3.05, 3.63) is 29.4 Å². The Morgan fingerprint density at radius 2 is 2.38 bits per heavy atom. The summed E-state index contributed by atoms with van der Waals surface area (Å²) in [6.07, 6.45) is 6.76. The molecular formula is C12H14ClNO2. The minimum absolute atomic E-state index is 0.208. The molecule has 0 spiro atoms. The molecule has 0 heterocycles. The largest absolute Gasteiger partial charge is 0.478 e. The van der Waals surface area contributed by atoms with Crippen LogP contribution in [0.5, 0.6) is 0 Å². The lowest BCUT2D eigenvalue weighted by Gasteiger charge is -2.09. The Kier molecular flexibility index (Phi) is 5.03. The van der Waals surface area contributed by atoms with Crippen molar-refractivity contribution in [2.45, 2.75) is 25.1 Å². The number of aliphatic carboxylic acids is 1. The molecule has 0 aliphatic heterocycles. The summed E-state index contributed by atoms with van der Waals surface area (Å²) < 4.78 is 0. The Morgan fingerprint density at radius 1 is 1.62 bits per heavy atom. The van der Waals surface area contributed by atoms with Crippen molar-refractivity contribution < 1.29 is 9.90 Å². The van der Waals surface area contributed by atoms with Crippen LogP contribution in [0.3, 0.4) is 0 Å². The number of halogens is 1.